The Labute approximate surface area is 198 Å². The molecule has 0 atom stereocenters. The number of carbonyl (C=O) groups excluding carboxylic acids is 1. The molecule has 7 nitrogen and oxygen atoms in total. The maximum absolute atomic E-state index is 12.9. The standard InChI is InChI=1S/C24H25ClN4O3S/c1-16-21(17(2)29(27-16)15-19-6-4-5-7-22(19)25)9-11-24(30)28-13-12-18-14-20(8-10-23(18)28)33(31,32)26-3/h4-11,14,26H,12-13,15H2,1-3H3/b11-9-. The van der Waals surface area contributed by atoms with Gasteiger partial charge in [0, 0.05) is 34.6 Å². The van der Waals surface area contributed by atoms with Crippen LogP contribution < -0.4 is 9.62 Å². The Bertz CT molecular complexity index is 1360. The van der Waals surface area contributed by atoms with Gasteiger partial charge >= 0.3 is 0 Å². The minimum absolute atomic E-state index is 0.157. The van der Waals surface area contributed by atoms with Crippen LogP contribution in [0.1, 0.15) is 28.1 Å². The fourth-order valence-electron chi connectivity index (χ4n) is 4.03. The number of halogens is 1. The molecule has 0 radical (unpaired) electrons. The topological polar surface area (TPSA) is 84.3 Å². The number of aryl methyl sites for hydroxylation is 1. The predicted molar refractivity (Wildman–Crippen MR) is 130 cm³/mol. The quantitative estimate of drug-likeness (QED) is 0.540. The molecule has 0 bridgehead atoms. The molecule has 0 saturated carbocycles. The van der Waals surface area contributed by atoms with Crippen molar-refractivity contribution in [1.29, 1.82) is 0 Å². The number of hydrogen-bond donors (Lipinski definition) is 1. The second-order valence-electron chi connectivity index (χ2n) is 7.90. The van der Waals surface area contributed by atoms with Gasteiger partial charge in [0.05, 0.1) is 17.1 Å². The normalized spacial score (nSPS) is 13.6. The lowest BCUT2D eigenvalue weighted by molar-refractivity contribution is -0.114. The molecule has 0 aliphatic carbocycles. The molecule has 4 rings (SSSR count). The van der Waals surface area contributed by atoms with Gasteiger partial charge in [-0.3, -0.25) is 9.48 Å². The Balaban J connectivity index is 1.54. The van der Waals surface area contributed by atoms with Crippen LogP contribution in [0.5, 0.6) is 0 Å². The second-order valence-corrected chi connectivity index (χ2v) is 10.2. The van der Waals surface area contributed by atoms with E-state index in [0.717, 1.165) is 33.8 Å². The summed E-state index contributed by atoms with van der Waals surface area (Å²) >= 11 is 6.29. The minimum atomic E-state index is -3.52. The summed E-state index contributed by atoms with van der Waals surface area (Å²) in [6.45, 7) is 4.93. The first kappa shape index (κ1) is 23.2. The molecule has 0 saturated heterocycles. The molecule has 1 amide bonds. The zero-order chi connectivity index (χ0) is 23.8. The SMILES string of the molecule is CNS(=O)(=O)c1ccc2c(c1)CCN2C(=O)/C=C\c1c(C)nn(Cc2ccccc2Cl)c1C. The van der Waals surface area contributed by atoms with Gasteiger partial charge in [-0.1, -0.05) is 29.8 Å². The van der Waals surface area contributed by atoms with E-state index in [-0.39, 0.29) is 10.8 Å². The van der Waals surface area contributed by atoms with Crippen molar-refractivity contribution in [3.05, 3.63) is 81.6 Å². The number of sulfonamides is 1. The summed E-state index contributed by atoms with van der Waals surface area (Å²) < 4.78 is 28.3. The fourth-order valence-corrected chi connectivity index (χ4v) is 5.01. The van der Waals surface area contributed by atoms with Crippen molar-refractivity contribution in [3.8, 4) is 0 Å². The van der Waals surface area contributed by atoms with Crippen LogP contribution in [0.2, 0.25) is 5.02 Å². The van der Waals surface area contributed by atoms with E-state index in [4.69, 9.17) is 11.6 Å². The fraction of sp³-hybridized carbons (Fsp3) is 0.250. The Hall–Kier alpha value is -2.94. The molecule has 0 spiro atoms. The van der Waals surface area contributed by atoms with Crippen molar-refractivity contribution in [2.75, 3.05) is 18.5 Å². The van der Waals surface area contributed by atoms with Gasteiger partial charge in [-0.15, -0.1) is 0 Å². The van der Waals surface area contributed by atoms with Gasteiger partial charge in [0.15, 0.2) is 0 Å². The lowest BCUT2D eigenvalue weighted by atomic mass is 10.1. The van der Waals surface area contributed by atoms with E-state index in [1.807, 2.05) is 42.8 Å². The van der Waals surface area contributed by atoms with Gasteiger partial charge in [0.1, 0.15) is 0 Å². The van der Waals surface area contributed by atoms with Gasteiger partial charge in [-0.05, 0) is 68.8 Å². The monoisotopic (exact) mass is 484 g/mol. The van der Waals surface area contributed by atoms with E-state index >= 15 is 0 Å². The number of benzene rings is 2. The summed E-state index contributed by atoms with van der Waals surface area (Å²) in [6, 6.07) is 12.5. The number of nitrogens with zero attached hydrogens (tertiary/aromatic N) is 3. The van der Waals surface area contributed by atoms with Crippen LogP contribution in [0.25, 0.3) is 6.08 Å². The zero-order valence-corrected chi connectivity index (χ0v) is 20.2. The number of anilines is 1. The Morgan fingerprint density at radius 1 is 1.21 bits per heavy atom. The summed E-state index contributed by atoms with van der Waals surface area (Å²) in [5.41, 5.74) is 5.22. The van der Waals surface area contributed by atoms with E-state index in [0.29, 0.717) is 24.5 Å². The average Bonchev–Trinajstić information content (AvgIpc) is 3.34. The van der Waals surface area contributed by atoms with E-state index in [1.54, 1.807) is 29.2 Å². The Morgan fingerprint density at radius 2 is 1.97 bits per heavy atom. The average molecular weight is 485 g/mol. The number of aromatic nitrogens is 2. The lowest BCUT2D eigenvalue weighted by Crippen LogP contribution is -2.26. The Morgan fingerprint density at radius 3 is 2.70 bits per heavy atom. The van der Waals surface area contributed by atoms with Crippen LogP contribution >= 0.6 is 11.6 Å². The van der Waals surface area contributed by atoms with Crippen LogP contribution in [0.15, 0.2) is 53.4 Å². The second kappa shape index (κ2) is 9.13. The summed E-state index contributed by atoms with van der Waals surface area (Å²) in [5, 5.41) is 5.31. The number of amides is 1. The molecule has 1 aromatic heterocycles. The first-order valence-corrected chi connectivity index (χ1v) is 12.4. The lowest BCUT2D eigenvalue weighted by Gasteiger charge is -2.15. The largest absolute Gasteiger partial charge is 0.308 e. The maximum Gasteiger partial charge on any atom is 0.251 e. The third-order valence-electron chi connectivity index (χ3n) is 5.90. The zero-order valence-electron chi connectivity index (χ0n) is 18.7. The van der Waals surface area contributed by atoms with Gasteiger partial charge in [0.2, 0.25) is 10.0 Å². The summed E-state index contributed by atoms with van der Waals surface area (Å²) in [7, 11) is -2.14. The van der Waals surface area contributed by atoms with Crippen LogP contribution in [0.3, 0.4) is 0 Å². The maximum atomic E-state index is 12.9. The highest BCUT2D eigenvalue weighted by Gasteiger charge is 2.25. The van der Waals surface area contributed by atoms with Crippen molar-refractivity contribution >= 4 is 39.3 Å². The van der Waals surface area contributed by atoms with Crippen LogP contribution in [0, 0.1) is 13.8 Å². The van der Waals surface area contributed by atoms with Crippen LogP contribution in [-0.4, -0.2) is 37.7 Å². The molecule has 1 aliphatic heterocycles. The highest BCUT2D eigenvalue weighted by molar-refractivity contribution is 7.89. The predicted octanol–water partition coefficient (Wildman–Crippen LogP) is 3.71. The molecule has 3 aromatic rings. The number of carbonyl (C=O) groups is 1. The molecule has 0 unspecified atom stereocenters. The summed E-state index contributed by atoms with van der Waals surface area (Å²) in [5.74, 6) is -0.157. The summed E-state index contributed by atoms with van der Waals surface area (Å²) in [6.07, 6.45) is 3.95. The van der Waals surface area contributed by atoms with Crippen molar-refractivity contribution in [2.24, 2.45) is 0 Å². The third-order valence-corrected chi connectivity index (χ3v) is 7.68. The summed E-state index contributed by atoms with van der Waals surface area (Å²) in [4.78, 5) is 14.8. The first-order chi connectivity index (χ1) is 15.7. The Kier molecular flexibility index (Phi) is 6.43. The first-order valence-electron chi connectivity index (χ1n) is 10.5. The van der Waals surface area contributed by atoms with Gasteiger partial charge in [-0.2, -0.15) is 5.10 Å². The molecule has 2 aromatic carbocycles. The van der Waals surface area contributed by atoms with Crippen molar-refractivity contribution in [3.63, 3.8) is 0 Å². The molecule has 172 valence electrons. The van der Waals surface area contributed by atoms with E-state index in [1.165, 1.54) is 13.1 Å². The number of fused-ring (bicyclic) bond motifs is 1. The molecule has 33 heavy (non-hydrogen) atoms. The van der Waals surface area contributed by atoms with Gasteiger partial charge < -0.3 is 4.90 Å². The molecule has 0 fully saturated rings. The van der Waals surface area contributed by atoms with Gasteiger partial charge in [-0.25, -0.2) is 13.1 Å². The van der Waals surface area contributed by atoms with Crippen LogP contribution in [-0.2, 0) is 27.8 Å². The highest BCUT2D eigenvalue weighted by Crippen LogP contribution is 2.30. The minimum Gasteiger partial charge on any atom is -0.308 e. The van der Waals surface area contributed by atoms with Crippen molar-refractivity contribution in [1.82, 2.24) is 14.5 Å². The molecule has 2 heterocycles. The molecular formula is C24H25ClN4O3S. The third kappa shape index (κ3) is 4.59. The van der Waals surface area contributed by atoms with E-state index < -0.39 is 10.0 Å². The number of hydrogen-bond acceptors (Lipinski definition) is 4. The van der Waals surface area contributed by atoms with E-state index in [2.05, 4.69) is 9.82 Å². The van der Waals surface area contributed by atoms with Gasteiger partial charge in [0.25, 0.3) is 5.91 Å². The van der Waals surface area contributed by atoms with Crippen molar-refractivity contribution in [2.45, 2.75) is 31.7 Å². The molecule has 1 aliphatic rings. The molecule has 9 heteroatoms. The molecule has 1 N–H and O–H groups in total. The number of nitrogens with one attached hydrogen (secondary N) is 1. The van der Waals surface area contributed by atoms with Crippen molar-refractivity contribution < 1.29 is 13.2 Å². The highest BCUT2D eigenvalue weighted by atomic mass is 35.5. The molecular weight excluding hydrogens is 460 g/mol. The smallest absolute Gasteiger partial charge is 0.251 e. The number of rotatable bonds is 6. The van der Waals surface area contributed by atoms with E-state index in [9.17, 15) is 13.2 Å². The van der Waals surface area contributed by atoms with Crippen LogP contribution in [0.4, 0.5) is 5.69 Å².